The molecule has 32 heavy (non-hydrogen) atoms. The van der Waals surface area contributed by atoms with Crippen molar-refractivity contribution in [3.8, 4) is 0 Å². The number of esters is 1. The van der Waals surface area contributed by atoms with Crippen molar-refractivity contribution in [2.24, 2.45) is 17.6 Å². The van der Waals surface area contributed by atoms with Crippen LogP contribution in [-0.2, 0) is 14.3 Å². The van der Waals surface area contributed by atoms with Gasteiger partial charge in [-0.15, -0.1) is 0 Å². The SMILES string of the molecule is CCCCCCCCCCCC(C[C@@H]1OC(=O)[C@H]1CCCCCC)C(SC(N)=O)C(=O)O. The molecule has 0 aromatic heterocycles. The number of thioether (sulfide) groups is 1. The standard InChI is InChI=1S/C25H45NO5S/c1-3-5-7-9-10-11-12-13-14-16-19(22(23(27)28)32-25(26)30)18-21-20(24(29)31-21)17-15-8-6-4-2/h19-22H,3-18H2,1-2H3,(H2,26,30)(H,27,28)/t19?,20-,21-,22?/m0/s1. The van der Waals surface area contributed by atoms with Crippen LogP contribution >= 0.6 is 11.8 Å². The van der Waals surface area contributed by atoms with E-state index in [2.05, 4.69) is 13.8 Å². The summed E-state index contributed by atoms with van der Waals surface area (Å²) in [5.41, 5.74) is 5.31. The molecule has 1 aliphatic rings. The largest absolute Gasteiger partial charge is 0.480 e. The molecule has 2 unspecified atom stereocenters. The number of unbranched alkanes of at least 4 members (excludes halogenated alkanes) is 11. The number of hydrogen-bond donors (Lipinski definition) is 2. The molecule has 1 aliphatic heterocycles. The Morgan fingerprint density at radius 3 is 1.97 bits per heavy atom. The molecule has 1 saturated heterocycles. The van der Waals surface area contributed by atoms with Crippen LogP contribution < -0.4 is 5.73 Å². The number of carbonyl (C=O) groups is 3. The Hall–Kier alpha value is -1.24. The van der Waals surface area contributed by atoms with Crippen LogP contribution in [0.4, 0.5) is 4.79 Å². The minimum Gasteiger partial charge on any atom is -0.480 e. The molecule has 3 N–H and O–H groups in total. The van der Waals surface area contributed by atoms with Gasteiger partial charge in [0, 0.05) is 0 Å². The molecule has 0 spiro atoms. The quantitative estimate of drug-likeness (QED) is 0.151. The number of carbonyl (C=O) groups excluding carboxylic acids is 2. The molecule has 0 aliphatic carbocycles. The lowest BCUT2D eigenvalue weighted by atomic mass is 9.82. The first-order chi connectivity index (χ1) is 15.4. The van der Waals surface area contributed by atoms with Crippen LogP contribution in [0.1, 0.15) is 117 Å². The molecule has 0 aromatic rings. The molecule has 1 rings (SSSR count). The third-order valence-electron chi connectivity index (χ3n) is 6.52. The van der Waals surface area contributed by atoms with Crippen LogP contribution in [-0.4, -0.2) is 33.6 Å². The fourth-order valence-corrected chi connectivity index (χ4v) is 5.38. The second kappa shape index (κ2) is 17.3. The molecule has 0 bridgehead atoms. The number of carboxylic acid groups (broad SMARTS) is 1. The molecule has 1 heterocycles. The maximum Gasteiger partial charge on any atom is 0.317 e. The summed E-state index contributed by atoms with van der Waals surface area (Å²) < 4.78 is 5.41. The number of primary amides is 1. The van der Waals surface area contributed by atoms with Crippen LogP contribution in [0.2, 0.25) is 0 Å². The van der Waals surface area contributed by atoms with E-state index in [4.69, 9.17) is 10.5 Å². The van der Waals surface area contributed by atoms with Crippen molar-refractivity contribution in [3.05, 3.63) is 0 Å². The van der Waals surface area contributed by atoms with Gasteiger partial charge in [-0.2, -0.15) is 0 Å². The van der Waals surface area contributed by atoms with Gasteiger partial charge in [-0.05, 0) is 36.9 Å². The van der Waals surface area contributed by atoms with Gasteiger partial charge in [0.05, 0.1) is 5.92 Å². The highest BCUT2D eigenvalue weighted by Gasteiger charge is 2.44. The third kappa shape index (κ3) is 11.6. The smallest absolute Gasteiger partial charge is 0.317 e. The Morgan fingerprint density at radius 1 is 0.938 bits per heavy atom. The first-order valence-corrected chi connectivity index (χ1v) is 13.7. The van der Waals surface area contributed by atoms with E-state index < -0.39 is 16.5 Å². The fraction of sp³-hybridized carbons (Fsp3) is 0.880. The van der Waals surface area contributed by atoms with Gasteiger partial charge < -0.3 is 15.6 Å². The van der Waals surface area contributed by atoms with Crippen LogP contribution in [0.25, 0.3) is 0 Å². The van der Waals surface area contributed by atoms with Crippen LogP contribution in [0.3, 0.4) is 0 Å². The minimum absolute atomic E-state index is 0.134. The fourth-order valence-electron chi connectivity index (χ4n) is 4.59. The Morgan fingerprint density at radius 2 is 1.47 bits per heavy atom. The maximum atomic E-state index is 12.0. The summed E-state index contributed by atoms with van der Waals surface area (Å²) in [5, 5.41) is 8.16. The van der Waals surface area contributed by atoms with Gasteiger partial charge in [0.1, 0.15) is 11.4 Å². The lowest BCUT2D eigenvalue weighted by Gasteiger charge is -2.38. The molecule has 7 heteroatoms. The summed E-state index contributed by atoms with van der Waals surface area (Å²) in [6, 6.07) is 0. The van der Waals surface area contributed by atoms with E-state index in [1.54, 1.807) is 0 Å². The summed E-state index contributed by atoms with van der Waals surface area (Å²) in [5.74, 6) is -1.54. The number of amides is 1. The number of cyclic esters (lactones) is 1. The van der Waals surface area contributed by atoms with E-state index in [9.17, 15) is 19.5 Å². The first kappa shape index (κ1) is 28.8. The maximum absolute atomic E-state index is 12.0. The highest BCUT2D eigenvalue weighted by molar-refractivity contribution is 8.14. The van der Waals surface area contributed by atoms with Gasteiger partial charge in [0.2, 0.25) is 0 Å². The second-order valence-corrected chi connectivity index (χ2v) is 10.4. The van der Waals surface area contributed by atoms with Crippen LogP contribution in [0, 0.1) is 11.8 Å². The number of nitrogens with two attached hydrogens (primary N) is 1. The molecule has 1 amide bonds. The topological polar surface area (TPSA) is 107 Å². The van der Waals surface area contributed by atoms with Crippen LogP contribution in [0.5, 0.6) is 0 Å². The van der Waals surface area contributed by atoms with E-state index in [0.717, 1.165) is 51.4 Å². The van der Waals surface area contributed by atoms with Crippen molar-refractivity contribution >= 4 is 28.9 Å². The molecule has 6 nitrogen and oxygen atoms in total. The Balaban J connectivity index is 2.54. The predicted octanol–water partition coefficient (Wildman–Crippen LogP) is 6.69. The Labute approximate surface area is 198 Å². The Kier molecular flexibility index (Phi) is 15.5. The molecule has 4 atom stereocenters. The molecule has 1 fully saturated rings. The van der Waals surface area contributed by atoms with Crippen molar-refractivity contribution in [3.63, 3.8) is 0 Å². The number of ether oxygens (including phenoxy) is 1. The zero-order valence-electron chi connectivity index (χ0n) is 20.2. The number of carboxylic acids is 1. The molecule has 186 valence electrons. The van der Waals surface area contributed by atoms with Crippen molar-refractivity contribution in [1.82, 2.24) is 0 Å². The molecule has 0 saturated carbocycles. The highest BCUT2D eigenvalue weighted by Crippen LogP contribution is 2.37. The average molecular weight is 472 g/mol. The number of aliphatic carboxylic acids is 1. The summed E-state index contributed by atoms with van der Waals surface area (Å²) >= 11 is 0.697. The van der Waals surface area contributed by atoms with Crippen molar-refractivity contribution < 1.29 is 24.2 Å². The molecular weight excluding hydrogens is 426 g/mol. The van der Waals surface area contributed by atoms with Gasteiger partial charge >= 0.3 is 11.9 Å². The number of rotatable bonds is 20. The summed E-state index contributed by atoms with van der Waals surface area (Å²) in [6.07, 6.45) is 16.9. The van der Waals surface area contributed by atoms with Crippen molar-refractivity contribution in [2.75, 3.05) is 0 Å². The van der Waals surface area contributed by atoms with Crippen LogP contribution in [0.15, 0.2) is 0 Å². The monoisotopic (exact) mass is 471 g/mol. The van der Waals surface area contributed by atoms with E-state index in [1.165, 1.54) is 38.5 Å². The summed E-state index contributed by atoms with van der Waals surface area (Å²) in [6.45, 7) is 4.37. The van der Waals surface area contributed by atoms with Crippen molar-refractivity contribution in [1.29, 1.82) is 0 Å². The van der Waals surface area contributed by atoms with Gasteiger partial charge in [0.15, 0.2) is 0 Å². The third-order valence-corrected chi connectivity index (χ3v) is 7.59. The molecular formula is C25H45NO5S. The summed E-state index contributed by atoms with van der Waals surface area (Å²) in [7, 11) is 0. The molecule has 0 aromatic carbocycles. The van der Waals surface area contributed by atoms with E-state index in [1.807, 2.05) is 0 Å². The van der Waals surface area contributed by atoms with Gasteiger partial charge in [0.25, 0.3) is 5.24 Å². The average Bonchev–Trinajstić information content (AvgIpc) is 2.74. The highest BCUT2D eigenvalue weighted by atomic mass is 32.2. The normalized spacial score (nSPS) is 19.8. The van der Waals surface area contributed by atoms with Gasteiger partial charge in [-0.25, -0.2) is 0 Å². The van der Waals surface area contributed by atoms with Gasteiger partial charge in [-0.3, -0.25) is 14.4 Å². The summed E-state index contributed by atoms with van der Waals surface area (Å²) in [4.78, 5) is 35.3. The lowest BCUT2D eigenvalue weighted by molar-refractivity contribution is -0.187. The Bertz CT molecular complexity index is 556. The first-order valence-electron chi connectivity index (χ1n) is 12.8. The second-order valence-electron chi connectivity index (χ2n) is 9.24. The molecule has 0 radical (unpaired) electrons. The van der Waals surface area contributed by atoms with Gasteiger partial charge in [-0.1, -0.05) is 97.3 Å². The van der Waals surface area contributed by atoms with E-state index in [0.29, 0.717) is 24.6 Å². The van der Waals surface area contributed by atoms with E-state index >= 15 is 0 Å². The minimum atomic E-state index is -1.01. The lowest BCUT2D eigenvalue weighted by Crippen LogP contribution is -2.47. The zero-order valence-corrected chi connectivity index (χ0v) is 21.0. The predicted molar refractivity (Wildman–Crippen MR) is 131 cm³/mol. The van der Waals surface area contributed by atoms with Crippen molar-refractivity contribution in [2.45, 2.75) is 128 Å². The van der Waals surface area contributed by atoms with E-state index in [-0.39, 0.29) is 23.9 Å². The number of hydrogen-bond acceptors (Lipinski definition) is 5. The zero-order chi connectivity index (χ0) is 23.8.